The highest BCUT2D eigenvalue weighted by Crippen LogP contribution is 2.39. The first kappa shape index (κ1) is 23.0. The normalized spacial score (nSPS) is 17.0. The molecule has 1 saturated carbocycles. The van der Waals surface area contributed by atoms with Crippen LogP contribution in [0.1, 0.15) is 56.7 Å². The predicted molar refractivity (Wildman–Crippen MR) is 125 cm³/mol. The number of carbonyl (C=O) groups excluding carboxylic acids is 2. The van der Waals surface area contributed by atoms with Crippen molar-refractivity contribution >= 4 is 23.1 Å². The molecule has 2 aromatic heterocycles. The number of benzene rings is 1. The third-order valence-corrected chi connectivity index (χ3v) is 6.73. The van der Waals surface area contributed by atoms with E-state index in [9.17, 15) is 19.1 Å². The lowest BCUT2D eigenvalue weighted by Gasteiger charge is -2.29. The van der Waals surface area contributed by atoms with Crippen LogP contribution in [0.4, 0.5) is 4.39 Å². The van der Waals surface area contributed by atoms with Crippen molar-refractivity contribution in [2.24, 2.45) is 0 Å². The van der Waals surface area contributed by atoms with Gasteiger partial charge in [-0.3, -0.25) is 14.5 Å². The van der Waals surface area contributed by atoms with Crippen molar-refractivity contribution in [3.63, 3.8) is 0 Å². The van der Waals surface area contributed by atoms with E-state index in [0.29, 0.717) is 24.2 Å². The van der Waals surface area contributed by atoms with Crippen LogP contribution in [-0.4, -0.2) is 32.5 Å². The van der Waals surface area contributed by atoms with Gasteiger partial charge in [-0.25, -0.2) is 9.07 Å². The molecule has 2 amide bonds. The number of imide groups is 1. The van der Waals surface area contributed by atoms with Gasteiger partial charge in [-0.2, -0.15) is 9.67 Å². The molecule has 2 aliphatic rings. The van der Waals surface area contributed by atoms with Gasteiger partial charge in [-0.15, -0.1) is 0 Å². The van der Waals surface area contributed by atoms with Gasteiger partial charge in [-0.05, 0) is 49.4 Å². The third-order valence-electron chi connectivity index (χ3n) is 6.73. The first-order valence-electron chi connectivity index (χ1n) is 12.1. The zero-order valence-corrected chi connectivity index (χ0v) is 19.6. The fraction of sp³-hybridized carbons (Fsp3) is 0.333. The minimum Gasteiger partial charge on any atom is -0.858 e. The molecule has 8 heteroatoms. The molecule has 0 N–H and O–H groups in total. The van der Waals surface area contributed by atoms with Crippen LogP contribution in [0.15, 0.2) is 54.9 Å². The van der Waals surface area contributed by atoms with Gasteiger partial charge >= 0.3 is 5.91 Å². The Balaban J connectivity index is 1.71. The summed E-state index contributed by atoms with van der Waals surface area (Å²) < 4.78 is 16.3. The van der Waals surface area contributed by atoms with E-state index in [2.05, 4.69) is 5.10 Å². The minimum atomic E-state index is -0.490. The molecule has 7 nitrogen and oxygen atoms in total. The van der Waals surface area contributed by atoms with Gasteiger partial charge in [0.05, 0.1) is 11.4 Å². The summed E-state index contributed by atoms with van der Waals surface area (Å²) in [5.41, 5.74) is 1.28. The average Bonchev–Trinajstić information content (AvgIpc) is 3.32. The fourth-order valence-electron chi connectivity index (χ4n) is 5.08. The maximum atomic E-state index is 13.9. The van der Waals surface area contributed by atoms with E-state index in [1.165, 1.54) is 33.8 Å². The second-order valence-corrected chi connectivity index (χ2v) is 9.04. The van der Waals surface area contributed by atoms with Crippen LogP contribution in [0.3, 0.4) is 0 Å². The first-order valence-corrected chi connectivity index (χ1v) is 12.1. The molecule has 1 aliphatic carbocycles. The predicted octanol–water partition coefficient (Wildman–Crippen LogP) is 3.39. The quantitative estimate of drug-likeness (QED) is 0.405. The molecule has 1 fully saturated rings. The highest BCUT2D eigenvalue weighted by Gasteiger charge is 2.49. The standard InChI is InChI=1S/C27H27FN4O3/c1-2-9-21-22(26(34)32(29-21)20-14-12-18(28)13-15-20)23-24(30-16-7-4-8-17-30)27(35)31(25(23)33)19-10-5-3-6-11-19/h4,7-8,12-17,19H,2-3,5-6,9-11H2,1H3. The molecule has 0 saturated heterocycles. The fourth-order valence-corrected chi connectivity index (χ4v) is 5.08. The summed E-state index contributed by atoms with van der Waals surface area (Å²) in [5.74, 6) is -1.74. The van der Waals surface area contributed by atoms with Crippen LogP contribution in [0, 0.1) is 5.82 Å². The van der Waals surface area contributed by atoms with Crippen molar-refractivity contribution in [1.29, 1.82) is 0 Å². The molecule has 180 valence electrons. The van der Waals surface area contributed by atoms with Crippen molar-refractivity contribution in [1.82, 2.24) is 14.7 Å². The molecule has 0 unspecified atom stereocenters. The number of amides is 2. The number of rotatable bonds is 6. The van der Waals surface area contributed by atoms with Crippen molar-refractivity contribution in [3.8, 4) is 11.6 Å². The van der Waals surface area contributed by atoms with Gasteiger partial charge in [-0.1, -0.05) is 38.7 Å². The molecule has 0 atom stereocenters. The molecular weight excluding hydrogens is 447 g/mol. The van der Waals surface area contributed by atoms with E-state index < -0.39 is 17.6 Å². The number of halogens is 1. The lowest BCUT2D eigenvalue weighted by Crippen LogP contribution is -2.45. The number of hydrogen-bond acceptors (Lipinski definition) is 4. The molecule has 3 heterocycles. The smallest absolute Gasteiger partial charge is 0.327 e. The molecule has 5 rings (SSSR count). The topological polar surface area (TPSA) is 82.1 Å². The second kappa shape index (κ2) is 9.44. The number of aromatic nitrogens is 3. The van der Waals surface area contributed by atoms with E-state index in [1.54, 1.807) is 29.1 Å². The highest BCUT2D eigenvalue weighted by atomic mass is 19.1. The Hall–Kier alpha value is -3.81. The zero-order valence-electron chi connectivity index (χ0n) is 19.6. The summed E-state index contributed by atoms with van der Waals surface area (Å²) in [6.07, 6.45) is 9.10. The van der Waals surface area contributed by atoms with Gasteiger partial charge in [0.2, 0.25) is 0 Å². The Bertz CT molecular complexity index is 1290. The lowest BCUT2D eigenvalue weighted by molar-refractivity contribution is -0.576. The lowest BCUT2D eigenvalue weighted by atomic mass is 9.94. The van der Waals surface area contributed by atoms with Gasteiger partial charge in [0, 0.05) is 23.7 Å². The van der Waals surface area contributed by atoms with Crippen molar-refractivity contribution in [2.45, 2.75) is 57.9 Å². The van der Waals surface area contributed by atoms with Gasteiger partial charge < -0.3 is 5.11 Å². The number of nitrogens with zero attached hydrogens (tertiary/aromatic N) is 4. The zero-order chi connectivity index (χ0) is 24.5. The summed E-state index contributed by atoms with van der Waals surface area (Å²) >= 11 is 0. The summed E-state index contributed by atoms with van der Waals surface area (Å²) in [6.45, 7) is 1.96. The highest BCUT2D eigenvalue weighted by molar-refractivity contribution is 6.45. The van der Waals surface area contributed by atoms with Gasteiger partial charge in [0.1, 0.15) is 11.4 Å². The molecule has 1 aromatic carbocycles. The van der Waals surface area contributed by atoms with Gasteiger partial charge in [0.15, 0.2) is 12.4 Å². The van der Waals surface area contributed by atoms with Crippen molar-refractivity contribution < 1.29 is 23.7 Å². The Morgan fingerprint density at radius 1 is 1.03 bits per heavy atom. The molecule has 3 aromatic rings. The van der Waals surface area contributed by atoms with Gasteiger partial charge in [0.25, 0.3) is 11.6 Å². The van der Waals surface area contributed by atoms with Crippen LogP contribution in [0.25, 0.3) is 17.0 Å². The van der Waals surface area contributed by atoms with Crippen LogP contribution < -0.4 is 9.67 Å². The Morgan fingerprint density at radius 2 is 1.71 bits per heavy atom. The van der Waals surface area contributed by atoms with E-state index in [0.717, 1.165) is 32.1 Å². The molecule has 0 radical (unpaired) electrons. The Labute approximate surface area is 203 Å². The largest absolute Gasteiger partial charge is 0.858 e. The number of aryl methyl sites for hydroxylation is 1. The van der Waals surface area contributed by atoms with E-state index in [4.69, 9.17) is 0 Å². The summed E-state index contributed by atoms with van der Waals surface area (Å²) in [6, 6.07) is 10.7. The molecule has 0 spiro atoms. The monoisotopic (exact) mass is 474 g/mol. The summed E-state index contributed by atoms with van der Waals surface area (Å²) in [7, 11) is 0. The van der Waals surface area contributed by atoms with E-state index >= 15 is 0 Å². The molecule has 0 bridgehead atoms. The van der Waals surface area contributed by atoms with Crippen LogP contribution in [0.2, 0.25) is 0 Å². The SMILES string of the molecule is CCCc1nn(-c2ccc(F)cc2)c([O-])c1C1=C([n+]2ccccc2)C(=O)N(C2CCCCC2)C1=O. The molecule has 1 aliphatic heterocycles. The van der Waals surface area contributed by atoms with E-state index in [-0.39, 0.29) is 28.8 Å². The summed E-state index contributed by atoms with van der Waals surface area (Å²) in [5, 5.41) is 18.3. The third kappa shape index (κ3) is 4.03. The first-order chi connectivity index (χ1) is 17.0. The van der Waals surface area contributed by atoms with Crippen molar-refractivity contribution in [3.05, 3.63) is 71.9 Å². The average molecular weight is 475 g/mol. The molecular formula is C27H27FN4O3. The van der Waals surface area contributed by atoms with Crippen LogP contribution in [0.5, 0.6) is 5.88 Å². The number of carbonyl (C=O) groups is 2. The van der Waals surface area contributed by atoms with Crippen LogP contribution in [-0.2, 0) is 16.0 Å². The second-order valence-electron chi connectivity index (χ2n) is 9.04. The molecule has 35 heavy (non-hydrogen) atoms. The maximum absolute atomic E-state index is 13.9. The number of pyridine rings is 1. The van der Waals surface area contributed by atoms with Crippen LogP contribution >= 0.6 is 0 Å². The minimum absolute atomic E-state index is 0.0959. The van der Waals surface area contributed by atoms with Crippen molar-refractivity contribution in [2.75, 3.05) is 0 Å². The maximum Gasteiger partial charge on any atom is 0.327 e. The Morgan fingerprint density at radius 3 is 2.37 bits per heavy atom. The van der Waals surface area contributed by atoms with E-state index in [1.807, 2.05) is 13.0 Å². The Kier molecular flexibility index (Phi) is 6.19. The number of hydrogen-bond donors (Lipinski definition) is 0. The summed E-state index contributed by atoms with van der Waals surface area (Å²) in [4.78, 5) is 29.0.